The van der Waals surface area contributed by atoms with E-state index in [1.165, 1.54) is 25.2 Å². The molecule has 2 aromatic rings. The van der Waals surface area contributed by atoms with Crippen LogP contribution in [-0.4, -0.2) is 35.5 Å². The van der Waals surface area contributed by atoms with Gasteiger partial charge >= 0.3 is 0 Å². The molecule has 0 saturated heterocycles. The van der Waals surface area contributed by atoms with Crippen molar-refractivity contribution < 1.29 is 13.2 Å². The summed E-state index contributed by atoms with van der Waals surface area (Å²) in [6.07, 6.45) is 0. The van der Waals surface area contributed by atoms with E-state index in [1.807, 2.05) is 31.1 Å². The lowest BCUT2D eigenvalue weighted by Gasteiger charge is -2.13. The molecule has 0 spiro atoms. The fourth-order valence-corrected chi connectivity index (χ4v) is 3.26. The Hall–Kier alpha value is -2.09. The fourth-order valence-electron chi connectivity index (χ4n) is 2.01. The SMILES string of the molecule is CNS(=O)(=O)c1cc(C(=O)Nc2ccc(N(C)C)cc2)ccc1Cl. The quantitative estimate of drug-likeness (QED) is 0.851. The second-order valence-corrected chi connectivity index (χ2v) is 7.51. The smallest absolute Gasteiger partial charge is 0.255 e. The highest BCUT2D eigenvalue weighted by Crippen LogP contribution is 2.23. The van der Waals surface area contributed by atoms with Gasteiger partial charge in [0.25, 0.3) is 5.91 Å². The zero-order valence-electron chi connectivity index (χ0n) is 13.5. The van der Waals surface area contributed by atoms with Gasteiger partial charge in [0.1, 0.15) is 4.90 Å². The van der Waals surface area contributed by atoms with Crippen LogP contribution >= 0.6 is 11.6 Å². The molecule has 0 aromatic heterocycles. The van der Waals surface area contributed by atoms with Crippen molar-refractivity contribution in [2.75, 3.05) is 31.4 Å². The molecule has 2 aromatic carbocycles. The lowest BCUT2D eigenvalue weighted by atomic mass is 10.2. The van der Waals surface area contributed by atoms with Crippen molar-refractivity contribution in [3.63, 3.8) is 0 Å². The summed E-state index contributed by atoms with van der Waals surface area (Å²) < 4.78 is 26.0. The van der Waals surface area contributed by atoms with Crippen LogP contribution in [0, 0.1) is 0 Å². The minimum atomic E-state index is -3.74. The minimum absolute atomic E-state index is 0.0521. The van der Waals surface area contributed by atoms with E-state index in [2.05, 4.69) is 10.0 Å². The van der Waals surface area contributed by atoms with Crippen LogP contribution in [0.3, 0.4) is 0 Å². The number of hydrogen-bond donors (Lipinski definition) is 2. The van der Waals surface area contributed by atoms with Crippen LogP contribution in [0.5, 0.6) is 0 Å². The maximum absolute atomic E-state index is 12.3. The summed E-state index contributed by atoms with van der Waals surface area (Å²) in [7, 11) is 1.39. The number of rotatable bonds is 5. The molecule has 0 saturated carbocycles. The molecule has 6 nitrogen and oxygen atoms in total. The molecule has 0 aliphatic heterocycles. The van der Waals surface area contributed by atoms with Gasteiger partial charge in [-0.1, -0.05) is 11.6 Å². The molecule has 0 bridgehead atoms. The van der Waals surface area contributed by atoms with Gasteiger partial charge in [-0.15, -0.1) is 0 Å². The first kappa shape index (κ1) is 18.3. The highest BCUT2D eigenvalue weighted by molar-refractivity contribution is 7.89. The van der Waals surface area contributed by atoms with Crippen molar-refractivity contribution in [2.45, 2.75) is 4.90 Å². The summed E-state index contributed by atoms with van der Waals surface area (Å²) in [6.45, 7) is 0. The van der Waals surface area contributed by atoms with Gasteiger partial charge in [-0.25, -0.2) is 13.1 Å². The number of benzene rings is 2. The Morgan fingerprint density at radius 1 is 1.08 bits per heavy atom. The van der Waals surface area contributed by atoms with Crippen molar-refractivity contribution in [2.24, 2.45) is 0 Å². The molecule has 0 atom stereocenters. The first-order valence-electron chi connectivity index (χ1n) is 7.06. The van der Waals surface area contributed by atoms with Crippen LogP contribution in [0.25, 0.3) is 0 Å². The van der Waals surface area contributed by atoms with Crippen LogP contribution in [0.2, 0.25) is 5.02 Å². The summed E-state index contributed by atoms with van der Waals surface area (Å²) in [4.78, 5) is 14.1. The second-order valence-electron chi connectivity index (χ2n) is 5.25. The third-order valence-electron chi connectivity index (χ3n) is 3.39. The van der Waals surface area contributed by atoms with Crippen LogP contribution in [0.4, 0.5) is 11.4 Å². The van der Waals surface area contributed by atoms with E-state index in [0.717, 1.165) is 5.69 Å². The Kier molecular flexibility index (Phi) is 5.48. The molecule has 0 radical (unpaired) electrons. The Labute approximate surface area is 146 Å². The highest BCUT2D eigenvalue weighted by Gasteiger charge is 2.18. The number of carbonyl (C=O) groups is 1. The molecule has 0 aliphatic carbocycles. The van der Waals surface area contributed by atoms with E-state index in [0.29, 0.717) is 5.69 Å². The van der Waals surface area contributed by atoms with Gasteiger partial charge in [0.2, 0.25) is 10.0 Å². The van der Waals surface area contributed by atoms with Gasteiger partial charge in [0, 0.05) is 31.0 Å². The molecule has 0 heterocycles. The van der Waals surface area contributed by atoms with Gasteiger partial charge in [-0.05, 0) is 49.5 Å². The normalized spacial score (nSPS) is 11.2. The third kappa shape index (κ3) is 4.05. The Morgan fingerprint density at radius 2 is 1.71 bits per heavy atom. The fraction of sp³-hybridized carbons (Fsp3) is 0.188. The average Bonchev–Trinajstić information content (AvgIpc) is 2.55. The standard InChI is InChI=1S/C16H18ClN3O3S/c1-18-24(22,23)15-10-11(4-9-14(15)17)16(21)19-12-5-7-13(8-6-12)20(2)3/h4-10,18H,1-3H3,(H,19,21). The van der Waals surface area contributed by atoms with Crippen molar-refractivity contribution in [1.82, 2.24) is 4.72 Å². The van der Waals surface area contributed by atoms with E-state index in [1.54, 1.807) is 12.1 Å². The number of amides is 1. The minimum Gasteiger partial charge on any atom is -0.378 e. The van der Waals surface area contributed by atoms with E-state index < -0.39 is 15.9 Å². The Morgan fingerprint density at radius 3 is 2.25 bits per heavy atom. The molecular formula is C16H18ClN3O3S. The molecule has 2 N–H and O–H groups in total. The number of nitrogens with one attached hydrogen (secondary N) is 2. The predicted molar refractivity (Wildman–Crippen MR) is 96.4 cm³/mol. The first-order valence-corrected chi connectivity index (χ1v) is 8.92. The molecule has 24 heavy (non-hydrogen) atoms. The number of halogens is 1. The van der Waals surface area contributed by atoms with Crippen LogP contribution in [-0.2, 0) is 10.0 Å². The van der Waals surface area contributed by atoms with Gasteiger partial charge < -0.3 is 10.2 Å². The molecule has 1 amide bonds. The zero-order valence-corrected chi connectivity index (χ0v) is 15.1. The maximum atomic E-state index is 12.3. The third-order valence-corrected chi connectivity index (χ3v) is 5.29. The summed E-state index contributed by atoms with van der Waals surface area (Å²) >= 11 is 5.92. The zero-order chi connectivity index (χ0) is 17.9. The van der Waals surface area contributed by atoms with Gasteiger partial charge in [-0.2, -0.15) is 0 Å². The largest absolute Gasteiger partial charge is 0.378 e. The Bertz CT molecular complexity index is 849. The predicted octanol–water partition coefficient (Wildman–Crippen LogP) is 2.57. The molecular weight excluding hydrogens is 350 g/mol. The number of hydrogen-bond acceptors (Lipinski definition) is 4. The molecule has 128 valence electrons. The maximum Gasteiger partial charge on any atom is 0.255 e. The van der Waals surface area contributed by atoms with Crippen LogP contribution in [0.15, 0.2) is 47.4 Å². The van der Waals surface area contributed by atoms with Crippen LogP contribution < -0.4 is 14.9 Å². The molecule has 2 rings (SSSR count). The Balaban J connectivity index is 2.26. The van der Waals surface area contributed by atoms with Crippen molar-refractivity contribution >= 4 is 38.9 Å². The van der Waals surface area contributed by atoms with Crippen LogP contribution in [0.1, 0.15) is 10.4 Å². The highest BCUT2D eigenvalue weighted by atomic mass is 35.5. The summed E-state index contributed by atoms with van der Waals surface area (Å²) in [5, 5.41) is 2.78. The summed E-state index contributed by atoms with van der Waals surface area (Å²) in [6, 6.07) is 11.4. The monoisotopic (exact) mass is 367 g/mol. The number of sulfonamides is 1. The number of nitrogens with zero attached hydrogens (tertiary/aromatic N) is 1. The van der Waals surface area contributed by atoms with E-state index >= 15 is 0 Å². The topological polar surface area (TPSA) is 78.5 Å². The van der Waals surface area contributed by atoms with Gasteiger partial charge in [-0.3, -0.25) is 4.79 Å². The number of anilines is 2. The van der Waals surface area contributed by atoms with Crippen molar-refractivity contribution in [3.8, 4) is 0 Å². The molecule has 0 fully saturated rings. The van der Waals surface area contributed by atoms with Crippen molar-refractivity contribution in [3.05, 3.63) is 53.1 Å². The van der Waals surface area contributed by atoms with Crippen molar-refractivity contribution in [1.29, 1.82) is 0 Å². The van der Waals surface area contributed by atoms with E-state index in [-0.39, 0.29) is 15.5 Å². The average molecular weight is 368 g/mol. The van der Waals surface area contributed by atoms with Gasteiger partial charge in [0.05, 0.1) is 5.02 Å². The number of carbonyl (C=O) groups excluding carboxylic acids is 1. The second kappa shape index (κ2) is 7.21. The van der Waals surface area contributed by atoms with E-state index in [9.17, 15) is 13.2 Å². The molecule has 8 heteroatoms. The lowest BCUT2D eigenvalue weighted by molar-refractivity contribution is 0.102. The molecule has 0 aliphatic rings. The summed E-state index contributed by atoms with van der Waals surface area (Å²) in [5.74, 6) is -0.420. The summed E-state index contributed by atoms with van der Waals surface area (Å²) in [5.41, 5.74) is 1.81. The molecule has 0 unspecified atom stereocenters. The van der Waals surface area contributed by atoms with E-state index in [4.69, 9.17) is 11.6 Å². The first-order chi connectivity index (χ1) is 11.2. The van der Waals surface area contributed by atoms with Gasteiger partial charge in [0.15, 0.2) is 0 Å². The lowest BCUT2D eigenvalue weighted by Crippen LogP contribution is -2.20.